The van der Waals surface area contributed by atoms with Crippen LogP contribution in [0.2, 0.25) is 0 Å². The largest absolute Gasteiger partial charge is 0.756 e. The van der Waals surface area contributed by atoms with Crippen molar-refractivity contribution in [2.24, 2.45) is 0 Å². The van der Waals surface area contributed by atoms with Crippen LogP contribution in [0.15, 0.2) is 49.6 Å². The minimum atomic E-state index is -4.63. The number of hydrogen-bond donors (Lipinski definition) is 0. The molecule has 0 radical (unpaired) electrons. The van der Waals surface area contributed by atoms with Gasteiger partial charge >= 0.3 is 11.9 Å². The average molecular weight is 782 g/mol. The van der Waals surface area contributed by atoms with E-state index in [-0.39, 0.29) is 26.1 Å². The summed E-state index contributed by atoms with van der Waals surface area (Å²) in [5, 5.41) is 0. The summed E-state index contributed by atoms with van der Waals surface area (Å²) in [6, 6.07) is 0. The van der Waals surface area contributed by atoms with Crippen LogP contribution in [0.1, 0.15) is 167 Å². The number of likely N-dealkylation sites (N-methyl/N-ethyl adjacent to an activating group) is 1. The Balaban J connectivity index is 4.33. The number of carbonyl (C=O) groups is 2. The van der Waals surface area contributed by atoms with Crippen LogP contribution in [-0.4, -0.2) is 70.0 Å². The highest BCUT2D eigenvalue weighted by Gasteiger charge is 2.21. The predicted molar refractivity (Wildman–Crippen MR) is 222 cm³/mol. The number of unbranched alkanes of at least 4 members (excludes halogenated alkanes) is 22. The summed E-state index contributed by atoms with van der Waals surface area (Å²) in [7, 11) is 1.15. The molecule has 0 aliphatic heterocycles. The quantitative estimate of drug-likeness (QED) is 0.0199. The Kier molecular flexibility index (Phi) is 35.2. The molecule has 0 saturated heterocycles. The molecule has 9 nitrogen and oxygen atoms in total. The van der Waals surface area contributed by atoms with Crippen LogP contribution in [0.5, 0.6) is 0 Å². The zero-order chi connectivity index (χ0) is 40.0. The zero-order valence-electron chi connectivity index (χ0n) is 34.8. The van der Waals surface area contributed by atoms with Crippen molar-refractivity contribution in [3.05, 3.63) is 49.6 Å². The summed E-state index contributed by atoms with van der Waals surface area (Å²) >= 11 is 0. The van der Waals surface area contributed by atoms with Gasteiger partial charge in [0.2, 0.25) is 0 Å². The van der Waals surface area contributed by atoms with Crippen LogP contribution in [-0.2, 0) is 32.7 Å². The molecule has 0 fully saturated rings. The second-order valence-corrected chi connectivity index (χ2v) is 17.0. The van der Waals surface area contributed by atoms with Gasteiger partial charge in [0.25, 0.3) is 7.82 Å². The summed E-state index contributed by atoms with van der Waals surface area (Å²) in [5.41, 5.74) is 0. The van der Waals surface area contributed by atoms with Gasteiger partial charge in [-0.2, -0.15) is 0 Å². The highest BCUT2D eigenvalue weighted by molar-refractivity contribution is 7.45. The van der Waals surface area contributed by atoms with Crippen molar-refractivity contribution in [1.29, 1.82) is 0 Å². The molecule has 0 aromatic rings. The molecule has 0 heterocycles. The second-order valence-electron chi connectivity index (χ2n) is 15.6. The first-order valence-electron chi connectivity index (χ1n) is 21.3. The number of nitrogens with zero attached hydrogens (tertiary/aromatic N) is 1. The van der Waals surface area contributed by atoms with Crippen molar-refractivity contribution in [1.82, 2.24) is 0 Å². The number of carbonyl (C=O) groups excluding carboxylic acids is 2. The maximum atomic E-state index is 12.7. The molecule has 0 N–H and O–H groups in total. The fourth-order valence-corrected chi connectivity index (χ4v) is 6.62. The van der Waals surface area contributed by atoms with E-state index in [1.165, 1.54) is 96.3 Å². The van der Waals surface area contributed by atoms with E-state index in [1.54, 1.807) is 0 Å². The number of rotatable bonds is 40. The van der Waals surface area contributed by atoms with Gasteiger partial charge < -0.3 is 27.9 Å². The van der Waals surface area contributed by atoms with Gasteiger partial charge in [-0.25, -0.2) is 0 Å². The molecule has 314 valence electrons. The van der Waals surface area contributed by atoms with E-state index in [4.69, 9.17) is 18.5 Å². The molecule has 10 heteroatoms. The van der Waals surface area contributed by atoms with E-state index in [2.05, 4.69) is 25.3 Å². The van der Waals surface area contributed by atoms with Gasteiger partial charge in [-0.05, 0) is 38.5 Å². The lowest BCUT2D eigenvalue weighted by Crippen LogP contribution is -2.37. The third-order valence-electron chi connectivity index (χ3n) is 9.21. The first-order chi connectivity index (χ1) is 26.0. The molecule has 0 aliphatic carbocycles. The van der Waals surface area contributed by atoms with Crippen LogP contribution in [0.4, 0.5) is 0 Å². The molecule has 0 bridgehead atoms. The Labute approximate surface area is 331 Å². The molecule has 0 aromatic carbocycles. The molecular formula is C44H80NO8P. The number of hydrogen-bond acceptors (Lipinski definition) is 8. The average Bonchev–Trinajstić information content (AvgIpc) is 3.12. The van der Waals surface area contributed by atoms with Gasteiger partial charge in [0, 0.05) is 12.8 Å². The van der Waals surface area contributed by atoms with E-state index >= 15 is 0 Å². The van der Waals surface area contributed by atoms with E-state index in [0.717, 1.165) is 51.4 Å². The third kappa shape index (κ3) is 39.7. The fourth-order valence-electron chi connectivity index (χ4n) is 5.89. The zero-order valence-corrected chi connectivity index (χ0v) is 35.7. The summed E-state index contributed by atoms with van der Waals surface area (Å²) < 4.78 is 33.9. The van der Waals surface area contributed by atoms with Gasteiger partial charge in [0.1, 0.15) is 19.8 Å². The summed E-state index contributed by atoms with van der Waals surface area (Å²) in [6.45, 7) is 7.08. The molecule has 54 heavy (non-hydrogen) atoms. The Hall–Kier alpha value is -2.03. The first-order valence-corrected chi connectivity index (χ1v) is 22.8. The van der Waals surface area contributed by atoms with Crippen molar-refractivity contribution < 1.29 is 42.1 Å². The highest BCUT2D eigenvalue weighted by Crippen LogP contribution is 2.38. The lowest BCUT2D eigenvalue weighted by Gasteiger charge is -2.28. The van der Waals surface area contributed by atoms with Gasteiger partial charge in [-0.15, -0.1) is 0 Å². The van der Waals surface area contributed by atoms with Crippen LogP contribution < -0.4 is 4.89 Å². The normalized spacial score (nSPS) is 13.6. The number of phosphoric ester groups is 1. The smallest absolute Gasteiger partial charge is 0.306 e. The molecular weight excluding hydrogens is 701 g/mol. The summed E-state index contributed by atoms with van der Waals surface area (Å²) in [5.74, 6) is -0.847. The van der Waals surface area contributed by atoms with E-state index in [9.17, 15) is 19.0 Å². The molecule has 0 rings (SSSR count). The van der Waals surface area contributed by atoms with Gasteiger partial charge in [0.15, 0.2) is 6.10 Å². The number of phosphoric acid groups is 1. The van der Waals surface area contributed by atoms with Crippen molar-refractivity contribution >= 4 is 19.8 Å². The SMILES string of the molecule is C=C/C=C/CCCCCCCCCCCCCC(=O)OCC(COP(=O)([O-])OCC[N+](C)(C)C)OC(=O)CCCCCCCCCCCCC/C=C/C=C. The Morgan fingerprint density at radius 2 is 0.981 bits per heavy atom. The minimum Gasteiger partial charge on any atom is -0.756 e. The minimum absolute atomic E-state index is 0.0342. The molecule has 0 saturated carbocycles. The van der Waals surface area contributed by atoms with Crippen LogP contribution >= 0.6 is 7.82 Å². The topological polar surface area (TPSA) is 111 Å². The van der Waals surface area contributed by atoms with E-state index in [1.807, 2.05) is 45.4 Å². The Morgan fingerprint density at radius 1 is 0.593 bits per heavy atom. The molecule has 0 aliphatic rings. The number of ether oxygens (including phenoxy) is 2. The van der Waals surface area contributed by atoms with Crippen LogP contribution in [0.25, 0.3) is 0 Å². The molecule has 2 unspecified atom stereocenters. The lowest BCUT2D eigenvalue weighted by molar-refractivity contribution is -0.870. The Morgan fingerprint density at radius 3 is 1.39 bits per heavy atom. The van der Waals surface area contributed by atoms with Crippen molar-refractivity contribution in [3.63, 3.8) is 0 Å². The van der Waals surface area contributed by atoms with Crippen molar-refractivity contribution in [2.45, 2.75) is 173 Å². The summed E-state index contributed by atoms with van der Waals surface area (Å²) in [6.07, 6.45) is 39.2. The maximum Gasteiger partial charge on any atom is 0.306 e. The van der Waals surface area contributed by atoms with Gasteiger partial charge in [0.05, 0.1) is 27.7 Å². The van der Waals surface area contributed by atoms with E-state index < -0.39 is 32.5 Å². The van der Waals surface area contributed by atoms with Gasteiger partial charge in [-0.1, -0.05) is 165 Å². The molecule has 0 spiro atoms. The van der Waals surface area contributed by atoms with E-state index in [0.29, 0.717) is 17.4 Å². The number of allylic oxidation sites excluding steroid dienone is 6. The van der Waals surface area contributed by atoms with Crippen LogP contribution in [0, 0.1) is 0 Å². The maximum absolute atomic E-state index is 12.7. The van der Waals surface area contributed by atoms with Crippen molar-refractivity contribution in [2.75, 3.05) is 47.5 Å². The molecule has 0 aromatic heterocycles. The number of quaternary nitrogens is 1. The van der Waals surface area contributed by atoms with Crippen LogP contribution in [0.3, 0.4) is 0 Å². The number of esters is 2. The monoisotopic (exact) mass is 782 g/mol. The Bertz CT molecular complexity index is 1040. The standard InChI is InChI=1S/C44H80NO8P/c1-6-8-10-12-14-16-18-20-22-24-26-28-30-32-34-36-43(46)50-40-42(41-52-54(48,49)51-39-38-45(3,4)5)53-44(47)37-35-33-31-29-27-25-23-21-19-17-15-13-11-9-7-2/h6-11,42H,1-2,12-41H2,3-5H3/b10-8+,11-9+. The lowest BCUT2D eigenvalue weighted by atomic mass is 10.0. The fraction of sp³-hybridized carbons (Fsp3) is 0.773. The van der Waals surface area contributed by atoms with Gasteiger partial charge in [-0.3, -0.25) is 14.2 Å². The molecule has 2 atom stereocenters. The second kappa shape index (κ2) is 36.6. The summed E-state index contributed by atoms with van der Waals surface area (Å²) in [4.78, 5) is 37.5. The van der Waals surface area contributed by atoms with Crippen molar-refractivity contribution in [3.8, 4) is 0 Å². The first kappa shape index (κ1) is 52.0. The third-order valence-corrected chi connectivity index (χ3v) is 10.2. The molecule has 0 amide bonds. The highest BCUT2D eigenvalue weighted by atomic mass is 31.2. The predicted octanol–water partition coefficient (Wildman–Crippen LogP) is 11.3.